The van der Waals surface area contributed by atoms with Crippen LogP contribution in [-0.4, -0.2) is 42.6 Å². The van der Waals surface area contributed by atoms with Gasteiger partial charge in [-0.1, -0.05) is 20.3 Å². The number of H-pyrrole nitrogens is 1. The molecule has 0 aliphatic rings. The molecule has 7 nitrogen and oxygen atoms in total. The van der Waals surface area contributed by atoms with Gasteiger partial charge in [-0.15, -0.1) is 0 Å². The fourth-order valence-corrected chi connectivity index (χ4v) is 2.61. The first kappa shape index (κ1) is 17.6. The van der Waals surface area contributed by atoms with E-state index in [1.807, 2.05) is 0 Å². The van der Waals surface area contributed by atoms with E-state index in [-0.39, 0.29) is 12.2 Å². The molecule has 0 radical (unpaired) electrons. The van der Waals surface area contributed by atoms with Crippen molar-refractivity contribution in [1.82, 2.24) is 10.2 Å². The number of carbonyl (C=O) groups is 1. The zero-order valence-corrected chi connectivity index (χ0v) is 13.5. The monoisotopic (exact) mass is 316 g/mol. The van der Waals surface area contributed by atoms with Gasteiger partial charge in [0.2, 0.25) is 5.91 Å². The highest BCUT2D eigenvalue weighted by Crippen LogP contribution is 2.20. The summed E-state index contributed by atoms with van der Waals surface area (Å²) < 4.78 is 22.1. The third kappa shape index (κ3) is 6.26. The smallest absolute Gasteiger partial charge is 0.242 e. The average molecular weight is 316 g/mol. The Morgan fingerprint density at radius 1 is 1.48 bits per heavy atom. The maximum atomic E-state index is 11.8. The average Bonchev–Trinajstić information content (AvgIpc) is 2.83. The van der Waals surface area contributed by atoms with Crippen LogP contribution in [0, 0.1) is 0 Å². The van der Waals surface area contributed by atoms with E-state index in [1.54, 1.807) is 6.07 Å². The molecule has 1 rings (SSSR count). The zero-order chi connectivity index (χ0) is 16.0. The van der Waals surface area contributed by atoms with Gasteiger partial charge in [-0.05, 0) is 18.8 Å². The number of aromatic amines is 1. The summed E-state index contributed by atoms with van der Waals surface area (Å²) in [4.78, 5) is 11.8. The summed E-state index contributed by atoms with van der Waals surface area (Å²) in [5.74, 6) is 0.209. The summed E-state index contributed by atoms with van der Waals surface area (Å²) in [6.07, 6.45) is 3.31. The van der Waals surface area contributed by atoms with E-state index in [0.29, 0.717) is 11.7 Å². The first-order valence-electron chi connectivity index (χ1n) is 7.02. The van der Waals surface area contributed by atoms with Crippen molar-refractivity contribution < 1.29 is 13.2 Å². The van der Waals surface area contributed by atoms with Gasteiger partial charge < -0.3 is 11.1 Å². The van der Waals surface area contributed by atoms with Crippen LogP contribution in [0.2, 0.25) is 0 Å². The van der Waals surface area contributed by atoms with Gasteiger partial charge in [0.1, 0.15) is 9.84 Å². The lowest BCUT2D eigenvalue weighted by molar-refractivity contribution is -0.117. The van der Waals surface area contributed by atoms with Crippen molar-refractivity contribution in [3.63, 3.8) is 0 Å². The number of nitrogens with one attached hydrogen (secondary N) is 2. The summed E-state index contributed by atoms with van der Waals surface area (Å²) in [7, 11) is -3.12. The molecular formula is C13H24N4O3S. The van der Waals surface area contributed by atoms with Gasteiger partial charge in [0.05, 0.1) is 11.8 Å². The second kappa shape index (κ2) is 7.56. The first-order valence-corrected chi connectivity index (χ1v) is 9.08. The third-order valence-corrected chi connectivity index (χ3v) is 4.22. The Labute approximate surface area is 125 Å². The number of sulfone groups is 1. The molecule has 2 atom stereocenters. The molecule has 0 aliphatic carbocycles. The van der Waals surface area contributed by atoms with E-state index in [4.69, 9.17) is 5.73 Å². The molecule has 0 aromatic carbocycles. The highest BCUT2D eigenvalue weighted by atomic mass is 32.2. The van der Waals surface area contributed by atoms with Crippen LogP contribution >= 0.6 is 0 Å². The lowest BCUT2D eigenvalue weighted by Crippen LogP contribution is -2.37. The molecule has 0 saturated heterocycles. The van der Waals surface area contributed by atoms with Crippen molar-refractivity contribution in [2.75, 3.05) is 17.3 Å². The number of anilines is 1. The maximum Gasteiger partial charge on any atom is 0.242 e. The molecule has 1 aromatic rings. The molecule has 1 heterocycles. The van der Waals surface area contributed by atoms with E-state index in [2.05, 4.69) is 29.4 Å². The Balaban J connectivity index is 2.54. The molecule has 0 spiro atoms. The van der Waals surface area contributed by atoms with Crippen molar-refractivity contribution >= 4 is 21.6 Å². The van der Waals surface area contributed by atoms with Gasteiger partial charge in [-0.3, -0.25) is 9.89 Å². The molecule has 21 heavy (non-hydrogen) atoms. The fraction of sp³-hybridized carbons (Fsp3) is 0.692. The summed E-state index contributed by atoms with van der Waals surface area (Å²) in [6.45, 7) is 4.19. The van der Waals surface area contributed by atoms with E-state index < -0.39 is 21.8 Å². The molecule has 1 aromatic heterocycles. The Morgan fingerprint density at radius 2 is 2.14 bits per heavy atom. The minimum absolute atomic E-state index is 0.0915. The Hall–Kier alpha value is -1.41. The van der Waals surface area contributed by atoms with Gasteiger partial charge in [0.15, 0.2) is 5.82 Å². The Kier molecular flexibility index (Phi) is 6.35. The van der Waals surface area contributed by atoms with Crippen LogP contribution in [-0.2, 0) is 14.6 Å². The van der Waals surface area contributed by atoms with Gasteiger partial charge in [-0.25, -0.2) is 8.42 Å². The molecule has 120 valence electrons. The topological polar surface area (TPSA) is 118 Å². The fourth-order valence-electron chi connectivity index (χ4n) is 1.93. The molecule has 0 saturated carbocycles. The molecular weight excluding hydrogens is 292 g/mol. The highest BCUT2D eigenvalue weighted by Gasteiger charge is 2.17. The summed E-state index contributed by atoms with van der Waals surface area (Å²) >= 11 is 0. The van der Waals surface area contributed by atoms with Gasteiger partial charge in [-0.2, -0.15) is 5.10 Å². The SMILES string of the molecule is CCCC(C)c1cc(NC(=O)C(N)CCS(C)(=O)=O)n[nH]1. The number of nitrogens with zero attached hydrogens (tertiary/aromatic N) is 1. The third-order valence-electron chi connectivity index (χ3n) is 3.24. The van der Waals surface area contributed by atoms with Crippen LogP contribution in [0.4, 0.5) is 5.82 Å². The zero-order valence-electron chi connectivity index (χ0n) is 12.7. The molecule has 0 aliphatic heterocycles. The second-order valence-electron chi connectivity index (χ2n) is 5.41. The quantitative estimate of drug-likeness (QED) is 0.661. The van der Waals surface area contributed by atoms with Crippen LogP contribution in [0.1, 0.15) is 44.7 Å². The Bertz CT molecular complexity index is 568. The molecule has 0 fully saturated rings. The van der Waals surface area contributed by atoms with Crippen LogP contribution in [0.25, 0.3) is 0 Å². The largest absolute Gasteiger partial charge is 0.320 e. The standard InChI is InChI=1S/C13H24N4O3S/c1-4-5-9(2)11-8-12(17-16-11)15-13(18)10(14)6-7-21(3,19)20/h8-10H,4-7,14H2,1-3H3,(H2,15,16,17,18). The molecule has 8 heteroatoms. The van der Waals surface area contributed by atoms with Crippen LogP contribution < -0.4 is 11.1 Å². The number of hydrogen-bond acceptors (Lipinski definition) is 5. The summed E-state index contributed by atoms with van der Waals surface area (Å²) in [5.41, 5.74) is 6.63. The molecule has 2 unspecified atom stereocenters. The number of carbonyl (C=O) groups excluding carboxylic acids is 1. The van der Waals surface area contributed by atoms with Crippen molar-refractivity contribution in [3.05, 3.63) is 11.8 Å². The maximum absolute atomic E-state index is 11.8. The minimum Gasteiger partial charge on any atom is -0.320 e. The lowest BCUT2D eigenvalue weighted by atomic mass is 10.0. The van der Waals surface area contributed by atoms with Gasteiger partial charge in [0.25, 0.3) is 0 Å². The van der Waals surface area contributed by atoms with Crippen molar-refractivity contribution in [3.8, 4) is 0 Å². The number of hydrogen-bond donors (Lipinski definition) is 3. The van der Waals surface area contributed by atoms with Crippen molar-refractivity contribution in [2.24, 2.45) is 5.73 Å². The molecule has 1 amide bonds. The second-order valence-corrected chi connectivity index (χ2v) is 7.67. The first-order chi connectivity index (χ1) is 9.73. The van der Waals surface area contributed by atoms with E-state index in [9.17, 15) is 13.2 Å². The number of nitrogens with two attached hydrogens (primary N) is 1. The van der Waals surface area contributed by atoms with Crippen LogP contribution in [0.3, 0.4) is 0 Å². The van der Waals surface area contributed by atoms with Crippen LogP contribution in [0.5, 0.6) is 0 Å². The van der Waals surface area contributed by atoms with E-state index in [1.165, 1.54) is 0 Å². The van der Waals surface area contributed by atoms with E-state index >= 15 is 0 Å². The normalized spacial score (nSPS) is 14.7. The number of rotatable bonds is 8. The molecule has 4 N–H and O–H groups in total. The predicted octanol–water partition coefficient (Wildman–Crippen LogP) is 1.01. The minimum atomic E-state index is -3.12. The van der Waals surface area contributed by atoms with E-state index in [0.717, 1.165) is 24.8 Å². The number of aromatic nitrogens is 2. The highest BCUT2D eigenvalue weighted by molar-refractivity contribution is 7.90. The summed E-state index contributed by atoms with van der Waals surface area (Å²) in [6, 6.07) is 0.912. The van der Waals surface area contributed by atoms with Crippen LogP contribution in [0.15, 0.2) is 6.07 Å². The van der Waals surface area contributed by atoms with Crippen molar-refractivity contribution in [1.29, 1.82) is 0 Å². The number of amides is 1. The Morgan fingerprint density at radius 3 is 2.71 bits per heavy atom. The summed E-state index contributed by atoms with van der Waals surface area (Å²) in [5, 5.41) is 9.50. The molecule has 0 bridgehead atoms. The lowest BCUT2D eigenvalue weighted by Gasteiger charge is -2.09. The van der Waals surface area contributed by atoms with Gasteiger partial charge in [0, 0.05) is 18.0 Å². The van der Waals surface area contributed by atoms with Crippen molar-refractivity contribution in [2.45, 2.75) is 45.1 Å². The predicted molar refractivity (Wildman–Crippen MR) is 82.8 cm³/mol. The van der Waals surface area contributed by atoms with Gasteiger partial charge >= 0.3 is 0 Å².